The summed E-state index contributed by atoms with van der Waals surface area (Å²) < 4.78 is 2.61. The number of rotatable bonds is 1. The molecule has 0 unspecified atom stereocenters. The molecular formula is C8H5ClN2O2S. The smallest absolute Gasteiger partial charge is 0.372 e. The molecule has 72 valence electrons. The fourth-order valence-electron chi connectivity index (χ4n) is 1.00. The molecule has 6 heteroatoms. The molecule has 0 atom stereocenters. The largest absolute Gasteiger partial charge is 0.475 e. The number of hydrogen-bond donors (Lipinski definition) is 2. The first-order chi connectivity index (χ1) is 6.66. The van der Waals surface area contributed by atoms with Crippen LogP contribution in [0.25, 0.3) is 0 Å². The minimum Gasteiger partial charge on any atom is -0.475 e. The molecule has 0 aliphatic carbocycles. The summed E-state index contributed by atoms with van der Waals surface area (Å²) >= 11 is 6.96. The van der Waals surface area contributed by atoms with E-state index < -0.39 is 5.97 Å². The SMILES string of the molecule is O=C(O)C1=Nc2ccc(Cl)cc2SN1. The van der Waals surface area contributed by atoms with Crippen molar-refractivity contribution < 1.29 is 9.90 Å². The number of hydrogen-bond acceptors (Lipinski definition) is 4. The van der Waals surface area contributed by atoms with Crippen molar-refractivity contribution in [3.8, 4) is 0 Å². The minimum absolute atomic E-state index is 0.0650. The maximum absolute atomic E-state index is 10.6. The molecule has 4 nitrogen and oxygen atoms in total. The first-order valence-electron chi connectivity index (χ1n) is 3.71. The molecular weight excluding hydrogens is 224 g/mol. The molecule has 1 heterocycles. The van der Waals surface area contributed by atoms with Crippen molar-refractivity contribution >= 4 is 41.0 Å². The van der Waals surface area contributed by atoms with Gasteiger partial charge in [-0.1, -0.05) is 11.6 Å². The molecule has 1 aliphatic rings. The molecule has 0 amide bonds. The van der Waals surface area contributed by atoms with E-state index in [-0.39, 0.29) is 5.84 Å². The van der Waals surface area contributed by atoms with Gasteiger partial charge in [0, 0.05) is 5.02 Å². The number of aliphatic carboxylic acids is 1. The van der Waals surface area contributed by atoms with Gasteiger partial charge < -0.3 is 9.83 Å². The summed E-state index contributed by atoms with van der Waals surface area (Å²) in [5.74, 6) is -1.14. The zero-order valence-corrected chi connectivity index (χ0v) is 8.39. The average molecular weight is 229 g/mol. The van der Waals surface area contributed by atoms with Crippen molar-refractivity contribution in [2.24, 2.45) is 4.99 Å². The second kappa shape index (κ2) is 3.51. The molecule has 0 radical (unpaired) electrons. The van der Waals surface area contributed by atoms with E-state index in [9.17, 15) is 4.79 Å². The highest BCUT2D eigenvalue weighted by Gasteiger charge is 2.17. The Kier molecular flexibility index (Phi) is 2.35. The zero-order valence-electron chi connectivity index (χ0n) is 6.82. The van der Waals surface area contributed by atoms with Crippen molar-refractivity contribution in [1.82, 2.24) is 4.72 Å². The van der Waals surface area contributed by atoms with Gasteiger partial charge in [-0.25, -0.2) is 9.79 Å². The summed E-state index contributed by atoms with van der Waals surface area (Å²) in [6.45, 7) is 0. The van der Waals surface area contributed by atoms with Crippen molar-refractivity contribution in [2.45, 2.75) is 4.90 Å². The molecule has 1 aliphatic heterocycles. The van der Waals surface area contributed by atoms with Crippen LogP contribution < -0.4 is 4.72 Å². The Bertz CT molecular complexity index is 433. The van der Waals surface area contributed by atoms with E-state index in [1.807, 2.05) is 0 Å². The Morgan fingerprint density at radius 1 is 1.57 bits per heavy atom. The monoisotopic (exact) mass is 228 g/mol. The van der Waals surface area contributed by atoms with E-state index in [4.69, 9.17) is 16.7 Å². The topological polar surface area (TPSA) is 61.7 Å². The van der Waals surface area contributed by atoms with Gasteiger partial charge in [-0.3, -0.25) is 0 Å². The van der Waals surface area contributed by atoms with Crippen LogP contribution in [0.1, 0.15) is 0 Å². The van der Waals surface area contributed by atoms with Crippen LogP contribution in [-0.4, -0.2) is 16.9 Å². The third kappa shape index (κ3) is 1.69. The number of benzene rings is 1. The molecule has 0 fully saturated rings. The first-order valence-corrected chi connectivity index (χ1v) is 4.90. The predicted molar refractivity (Wildman–Crippen MR) is 55.2 cm³/mol. The van der Waals surface area contributed by atoms with Crippen LogP contribution in [-0.2, 0) is 4.79 Å². The number of carboxylic acid groups (broad SMARTS) is 1. The third-order valence-corrected chi connectivity index (χ3v) is 2.69. The first kappa shape index (κ1) is 9.36. The lowest BCUT2D eigenvalue weighted by Gasteiger charge is -2.13. The maximum Gasteiger partial charge on any atom is 0.372 e. The van der Waals surface area contributed by atoms with Crippen LogP contribution in [0.15, 0.2) is 28.1 Å². The van der Waals surface area contributed by atoms with E-state index in [0.717, 1.165) is 4.90 Å². The average Bonchev–Trinajstić information content (AvgIpc) is 2.16. The van der Waals surface area contributed by atoms with Gasteiger partial charge in [0.15, 0.2) is 0 Å². The summed E-state index contributed by atoms with van der Waals surface area (Å²) in [6, 6.07) is 5.10. The fraction of sp³-hybridized carbons (Fsp3) is 0. The number of halogens is 1. The zero-order chi connectivity index (χ0) is 10.1. The summed E-state index contributed by atoms with van der Waals surface area (Å²) in [5.41, 5.74) is 0.621. The van der Waals surface area contributed by atoms with Crippen molar-refractivity contribution in [3.63, 3.8) is 0 Å². The van der Waals surface area contributed by atoms with Crippen LogP contribution >= 0.6 is 23.5 Å². The van der Waals surface area contributed by atoms with Crippen LogP contribution in [0.4, 0.5) is 5.69 Å². The standard InChI is InChI=1S/C8H5ClN2O2S/c9-4-1-2-5-6(3-4)14-11-7(10-5)8(12)13/h1-3H,(H,10,11)(H,12,13). The van der Waals surface area contributed by atoms with Gasteiger partial charge >= 0.3 is 5.97 Å². The molecule has 0 saturated heterocycles. The predicted octanol–water partition coefficient (Wildman–Crippen LogP) is 2.06. The summed E-state index contributed by atoms with van der Waals surface area (Å²) in [6.07, 6.45) is 0. The second-order valence-electron chi connectivity index (χ2n) is 2.58. The molecule has 0 spiro atoms. The van der Waals surface area contributed by atoms with Crippen molar-refractivity contribution in [2.75, 3.05) is 0 Å². The van der Waals surface area contributed by atoms with Gasteiger partial charge in [0.2, 0.25) is 5.84 Å². The van der Waals surface area contributed by atoms with Crippen molar-refractivity contribution in [1.29, 1.82) is 0 Å². The molecule has 2 rings (SSSR count). The number of nitrogens with one attached hydrogen (secondary N) is 1. The van der Waals surface area contributed by atoms with Gasteiger partial charge in [-0.2, -0.15) is 0 Å². The summed E-state index contributed by atoms with van der Waals surface area (Å²) in [5, 5.41) is 9.29. The van der Waals surface area contributed by atoms with E-state index in [2.05, 4.69) is 9.71 Å². The molecule has 2 N–H and O–H groups in total. The number of carboxylic acids is 1. The normalized spacial score (nSPS) is 13.9. The number of carbonyl (C=O) groups is 1. The molecule has 1 aromatic rings. The van der Waals surface area contributed by atoms with Crippen LogP contribution in [0, 0.1) is 0 Å². The molecule has 1 aromatic carbocycles. The van der Waals surface area contributed by atoms with E-state index in [1.54, 1.807) is 18.2 Å². The molecule has 0 bridgehead atoms. The number of aliphatic imine (C=N–C) groups is 1. The van der Waals surface area contributed by atoms with Crippen LogP contribution in [0.2, 0.25) is 5.02 Å². The van der Waals surface area contributed by atoms with Gasteiger partial charge in [-0.05, 0) is 30.1 Å². The number of nitrogens with zero attached hydrogens (tertiary/aromatic N) is 1. The third-order valence-electron chi connectivity index (χ3n) is 1.61. The Morgan fingerprint density at radius 2 is 2.36 bits per heavy atom. The Labute approximate surface area is 89.1 Å². The van der Waals surface area contributed by atoms with Crippen molar-refractivity contribution in [3.05, 3.63) is 23.2 Å². The van der Waals surface area contributed by atoms with E-state index >= 15 is 0 Å². The maximum atomic E-state index is 10.6. The lowest BCUT2D eigenvalue weighted by atomic mass is 10.3. The van der Waals surface area contributed by atoms with E-state index in [1.165, 1.54) is 11.9 Å². The van der Waals surface area contributed by atoms with Gasteiger partial charge in [0.25, 0.3) is 0 Å². The Balaban J connectivity index is 2.45. The van der Waals surface area contributed by atoms with E-state index in [0.29, 0.717) is 10.7 Å². The second-order valence-corrected chi connectivity index (χ2v) is 3.87. The van der Waals surface area contributed by atoms with Crippen LogP contribution in [0.5, 0.6) is 0 Å². The lowest BCUT2D eigenvalue weighted by Crippen LogP contribution is -2.27. The molecule has 14 heavy (non-hydrogen) atoms. The fourth-order valence-corrected chi connectivity index (χ4v) is 1.98. The Hall–Kier alpha value is -1.20. The highest BCUT2D eigenvalue weighted by Crippen LogP contribution is 2.33. The highest BCUT2D eigenvalue weighted by atomic mass is 35.5. The number of amidine groups is 1. The minimum atomic E-state index is -1.07. The van der Waals surface area contributed by atoms with Crippen LogP contribution in [0.3, 0.4) is 0 Å². The number of fused-ring (bicyclic) bond motifs is 1. The quantitative estimate of drug-likeness (QED) is 0.723. The van der Waals surface area contributed by atoms with Gasteiger partial charge in [0.05, 0.1) is 10.6 Å². The Morgan fingerprint density at radius 3 is 3.07 bits per heavy atom. The molecule has 0 saturated carbocycles. The van der Waals surface area contributed by atoms with Gasteiger partial charge in [-0.15, -0.1) is 0 Å². The summed E-state index contributed by atoms with van der Waals surface area (Å²) in [4.78, 5) is 15.3. The highest BCUT2D eigenvalue weighted by molar-refractivity contribution is 7.98. The lowest BCUT2D eigenvalue weighted by molar-refractivity contribution is -0.129. The van der Waals surface area contributed by atoms with Gasteiger partial charge in [0.1, 0.15) is 0 Å². The summed E-state index contributed by atoms with van der Waals surface area (Å²) in [7, 11) is 0. The molecule has 0 aromatic heterocycles.